The van der Waals surface area contributed by atoms with Gasteiger partial charge in [0.2, 0.25) is 5.91 Å². The minimum atomic E-state index is 0.0464. The van der Waals surface area contributed by atoms with Gasteiger partial charge < -0.3 is 15.0 Å². The van der Waals surface area contributed by atoms with Gasteiger partial charge in [0.05, 0.1) is 25.1 Å². The van der Waals surface area contributed by atoms with E-state index in [-0.39, 0.29) is 5.91 Å². The van der Waals surface area contributed by atoms with Gasteiger partial charge in [0.15, 0.2) is 0 Å². The Kier molecular flexibility index (Phi) is 5.80. The first-order valence-electron chi connectivity index (χ1n) is 7.38. The van der Waals surface area contributed by atoms with E-state index in [4.69, 9.17) is 4.74 Å². The first kappa shape index (κ1) is 14.8. The average molecular weight is 277 g/mol. The molecule has 0 aliphatic carbocycles. The van der Waals surface area contributed by atoms with Crippen molar-refractivity contribution in [1.82, 2.24) is 4.98 Å². The Labute approximate surface area is 120 Å². The van der Waals surface area contributed by atoms with Crippen molar-refractivity contribution < 1.29 is 9.53 Å². The second-order valence-corrected chi connectivity index (χ2v) is 5.01. The van der Waals surface area contributed by atoms with Gasteiger partial charge in [-0.25, -0.2) is 4.98 Å². The van der Waals surface area contributed by atoms with E-state index >= 15 is 0 Å². The maximum atomic E-state index is 11.7. The SMILES string of the molecule is CCCCCC(=O)Nc1ccc(N2CCOCC2)cn1. The number of carbonyl (C=O) groups is 1. The van der Waals surface area contributed by atoms with E-state index in [1.165, 1.54) is 0 Å². The molecule has 0 spiro atoms. The lowest BCUT2D eigenvalue weighted by atomic mass is 10.2. The van der Waals surface area contributed by atoms with Crippen molar-refractivity contribution in [3.63, 3.8) is 0 Å². The van der Waals surface area contributed by atoms with Crippen LogP contribution >= 0.6 is 0 Å². The van der Waals surface area contributed by atoms with Crippen LogP contribution in [0.15, 0.2) is 18.3 Å². The van der Waals surface area contributed by atoms with Gasteiger partial charge in [0.1, 0.15) is 5.82 Å². The van der Waals surface area contributed by atoms with Crippen molar-refractivity contribution in [2.75, 3.05) is 36.5 Å². The number of unbranched alkanes of at least 4 members (excludes halogenated alkanes) is 2. The third-order valence-electron chi connectivity index (χ3n) is 3.40. The van der Waals surface area contributed by atoms with Crippen molar-refractivity contribution in [2.24, 2.45) is 0 Å². The van der Waals surface area contributed by atoms with E-state index in [1.54, 1.807) is 0 Å². The van der Waals surface area contributed by atoms with E-state index in [0.29, 0.717) is 12.2 Å². The molecule has 0 atom stereocenters. The van der Waals surface area contributed by atoms with E-state index in [2.05, 4.69) is 22.1 Å². The van der Waals surface area contributed by atoms with Crippen LogP contribution in [0.4, 0.5) is 11.5 Å². The van der Waals surface area contributed by atoms with Crippen LogP contribution in [0.2, 0.25) is 0 Å². The molecular formula is C15H23N3O2. The molecule has 0 unspecified atom stereocenters. The summed E-state index contributed by atoms with van der Waals surface area (Å²) in [5.41, 5.74) is 1.08. The number of amides is 1. The molecule has 0 aromatic carbocycles. The normalized spacial score (nSPS) is 15.2. The number of ether oxygens (including phenoxy) is 1. The maximum absolute atomic E-state index is 11.7. The first-order valence-corrected chi connectivity index (χ1v) is 7.38. The molecule has 0 bridgehead atoms. The number of rotatable bonds is 6. The Morgan fingerprint density at radius 3 is 2.80 bits per heavy atom. The minimum Gasteiger partial charge on any atom is -0.378 e. The lowest BCUT2D eigenvalue weighted by Crippen LogP contribution is -2.36. The average Bonchev–Trinajstić information content (AvgIpc) is 2.49. The van der Waals surface area contributed by atoms with Crippen LogP contribution in [0.3, 0.4) is 0 Å². The number of hydrogen-bond donors (Lipinski definition) is 1. The minimum absolute atomic E-state index is 0.0464. The zero-order valence-electron chi connectivity index (χ0n) is 12.1. The maximum Gasteiger partial charge on any atom is 0.225 e. The fourth-order valence-corrected chi connectivity index (χ4v) is 2.21. The molecule has 110 valence electrons. The third kappa shape index (κ3) is 4.49. The van der Waals surface area contributed by atoms with Crippen LogP contribution in [-0.2, 0) is 9.53 Å². The predicted molar refractivity (Wildman–Crippen MR) is 80.0 cm³/mol. The molecule has 1 fully saturated rings. The van der Waals surface area contributed by atoms with Crippen LogP contribution in [-0.4, -0.2) is 37.2 Å². The molecular weight excluding hydrogens is 254 g/mol. The lowest BCUT2D eigenvalue weighted by molar-refractivity contribution is -0.116. The van der Waals surface area contributed by atoms with E-state index in [1.807, 2.05) is 18.3 Å². The number of morpholine rings is 1. The summed E-state index contributed by atoms with van der Waals surface area (Å²) >= 11 is 0. The molecule has 1 aromatic heterocycles. The van der Waals surface area contributed by atoms with Crippen molar-refractivity contribution in [3.05, 3.63) is 18.3 Å². The van der Waals surface area contributed by atoms with Gasteiger partial charge in [-0.15, -0.1) is 0 Å². The third-order valence-corrected chi connectivity index (χ3v) is 3.40. The van der Waals surface area contributed by atoms with Crippen LogP contribution in [0.1, 0.15) is 32.6 Å². The van der Waals surface area contributed by atoms with Gasteiger partial charge in [0, 0.05) is 19.5 Å². The van der Waals surface area contributed by atoms with Crippen LogP contribution < -0.4 is 10.2 Å². The summed E-state index contributed by atoms with van der Waals surface area (Å²) in [4.78, 5) is 18.2. The fraction of sp³-hybridized carbons (Fsp3) is 0.600. The monoisotopic (exact) mass is 277 g/mol. The molecule has 2 heterocycles. The predicted octanol–water partition coefficient (Wildman–Crippen LogP) is 2.44. The summed E-state index contributed by atoms with van der Waals surface area (Å²) < 4.78 is 5.33. The van der Waals surface area contributed by atoms with Crippen molar-refractivity contribution in [1.29, 1.82) is 0 Å². The van der Waals surface area contributed by atoms with Gasteiger partial charge in [-0.3, -0.25) is 4.79 Å². The topological polar surface area (TPSA) is 54.5 Å². The van der Waals surface area contributed by atoms with Gasteiger partial charge in [-0.2, -0.15) is 0 Å². The smallest absolute Gasteiger partial charge is 0.225 e. The van der Waals surface area contributed by atoms with Crippen LogP contribution in [0.25, 0.3) is 0 Å². The molecule has 5 heteroatoms. The van der Waals surface area contributed by atoms with Crippen molar-refractivity contribution in [3.8, 4) is 0 Å². The Morgan fingerprint density at radius 1 is 1.35 bits per heavy atom. The summed E-state index contributed by atoms with van der Waals surface area (Å²) in [6.07, 6.45) is 5.54. The second-order valence-electron chi connectivity index (χ2n) is 5.01. The van der Waals surface area contributed by atoms with E-state index in [0.717, 1.165) is 51.3 Å². The quantitative estimate of drug-likeness (QED) is 0.811. The standard InChI is InChI=1S/C15H23N3O2/c1-2-3-4-5-15(19)17-14-7-6-13(12-16-14)18-8-10-20-11-9-18/h6-7,12H,2-5,8-11H2,1H3,(H,16,17,19). The Balaban J connectivity index is 1.83. The summed E-state index contributed by atoms with van der Waals surface area (Å²) in [6, 6.07) is 3.86. The number of aromatic nitrogens is 1. The lowest BCUT2D eigenvalue weighted by Gasteiger charge is -2.28. The highest BCUT2D eigenvalue weighted by atomic mass is 16.5. The molecule has 1 aliphatic rings. The number of nitrogens with zero attached hydrogens (tertiary/aromatic N) is 2. The molecule has 20 heavy (non-hydrogen) atoms. The van der Waals surface area contributed by atoms with Gasteiger partial charge in [0.25, 0.3) is 0 Å². The summed E-state index contributed by atoms with van der Waals surface area (Å²) in [6.45, 7) is 5.43. The van der Waals surface area contributed by atoms with Crippen LogP contribution in [0.5, 0.6) is 0 Å². The second kappa shape index (κ2) is 7.85. The number of pyridine rings is 1. The first-order chi connectivity index (χ1) is 9.79. The summed E-state index contributed by atoms with van der Waals surface area (Å²) in [5, 5.41) is 2.84. The molecule has 0 radical (unpaired) electrons. The van der Waals surface area contributed by atoms with Crippen molar-refractivity contribution >= 4 is 17.4 Å². The zero-order chi connectivity index (χ0) is 14.2. The van der Waals surface area contributed by atoms with E-state index in [9.17, 15) is 4.79 Å². The van der Waals surface area contributed by atoms with Gasteiger partial charge in [-0.05, 0) is 18.6 Å². The number of carbonyl (C=O) groups excluding carboxylic acids is 1. The summed E-state index contributed by atoms with van der Waals surface area (Å²) in [7, 11) is 0. The molecule has 1 amide bonds. The van der Waals surface area contributed by atoms with Crippen molar-refractivity contribution in [2.45, 2.75) is 32.6 Å². The summed E-state index contributed by atoms with van der Waals surface area (Å²) in [5.74, 6) is 0.675. The highest BCUT2D eigenvalue weighted by Gasteiger charge is 2.11. The Morgan fingerprint density at radius 2 is 2.15 bits per heavy atom. The highest BCUT2D eigenvalue weighted by Crippen LogP contribution is 2.16. The molecule has 0 saturated carbocycles. The van der Waals surface area contributed by atoms with E-state index < -0.39 is 0 Å². The van der Waals surface area contributed by atoms with Gasteiger partial charge >= 0.3 is 0 Å². The highest BCUT2D eigenvalue weighted by molar-refractivity contribution is 5.89. The molecule has 1 aromatic rings. The Bertz CT molecular complexity index is 414. The van der Waals surface area contributed by atoms with Gasteiger partial charge in [-0.1, -0.05) is 19.8 Å². The largest absolute Gasteiger partial charge is 0.378 e. The molecule has 1 aliphatic heterocycles. The number of anilines is 2. The number of hydrogen-bond acceptors (Lipinski definition) is 4. The molecule has 1 saturated heterocycles. The molecule has 5 nitrogen and oxygen atoms in total. The van der Waals surface area contributed by atoms with Crippen LogP contribution in [0, 0.1) is 0 Å². The molecule has 1 N–H and O–H groups in total. The fourth-order valence-electron chi connectivity index (χ4n) is 2.21. The molecule has 2 rings (SSSR count). The number of nitrogens with one attached hydrogen (secondary N) is 1. The zero-order valence-corrected chi connectivity index (χ0v) is 12.1. The Hall–Kier alpha value is -1.62.